The third-order valence-electron chi connectivity index (χ3n) is 3.58. The summed E-state index contributed by atoms with van der Waals surface area (Å²) in [5.41, 5.74) is 7.51. The van der Waals surface area contributed by atoms with Crippen LogP contribution in [0.25, 0.3) is 0 Å². The lowest BCUT2D eigenvalue weighted by atomic mass is 9.97. The third-order valence-corrected chi connectivity index (χ3v) is 3.58. The van der Waals surface area contributed by atoms with Crippen LogP contribution in [0, 0.1) is 0 Å². The molecular formula is C14H21N3O. The summed E-state index contributed by atoms with van der Waals surface area (Å²) >= 11 is 0. The molecular weight excluding hydrogens is 226 g/mol. The van der Waals surface area contributed by atoms with Crippen molar-refractivity contribution in [3.8, 4) is 0 Å². The Bertz CT molecular complexity index is 437. The van der Waals surface area contributed by atoms with Gasteiger partial charge in [-0.25, -0.2) is 0 Å². The van der Waals surface area contributed by atoms with Crippen LogP contribution in [0.2, 0.25) is 0 Å². The summed E-state index contributed by atoms with van der Waals surface area (Å²) in [4.78, 5) is 14.0. The third kappa shape index (κ3) is 2.20. The highest BCUT2D eigenvalue weighted by atomic mass is 16.2. The van der Waals surface area contributed by atoms with Gasteiger partial charge >= 0.3 is 0 Å². The van der Waals surface area contributed by atoms with E-state index in [0.29, 0.717) is 6.54 Å². The second-order valence-corrected chi connectivity index (χ2v) is 5.35. The van der Waals surface area contributed by atoms with Crippen molar-refractivity contribution in [2.45, 2.75) is 32.4 Å². The zero-order valence-corrected chi connectivity index (χ0v) is 11.2. The van der Waals surface area contributed by atoms with Gasteiger partial charge in [0, 0.05) is 24.8 Å². The first-order chi connectivity index (χ1) is 8.43. The molecule has 0 aliphatic carbocycles. The number of nitrogens with zero attached hydrogens (tertiary/aromatic N) is 1. The summed E-state index contributed by atoms with van der Waals surface area (Å²) in [6.07, 6.45) is 0. The molecule has 0 bridgehead atoms. The van der Waals surface area contributed by atoms with E-state index in [1.807, 2.05) is 45.0 Å². The lowest BCUT2D eigenvalue weighted by molar-refractivity contribution is -0.126. The summed E-state index contributed by atoms with van der Waals surface area (Å²) in [5, 5.41) is 2.90. The van der Waals surface area contributed by atoms with Crippen molar-refractivity contribution in [1.29, 1.82) is 0 Å². The minimum absolute atomic E-state index is 0.0386. The first-order valence-corrected chi connectivity index (χ1v) is 6.34. The highest BCUT2D eigenvalue weighted by molar-refractivity contribution is 5.90. The van der Waals surface area contributed by atoms with Gasteiger partial charge in [-0.1, -0.05) is 12.1 Å². The van der Waals surface area contributed by atoms with Crippen molar-refractivity contribution < 1.29 is 4.79 Å². The van der Waals surface area contributed by atoms with E-state index in [4.69, 9.17) is 5.73 Å². The summed E-state index contributed by atoms with van der Waals surface area (Å²) in [6, 6.07) is 8.18. The van der Waals surface area contributed by atoms with Crippen molar-refractivity contribution >= 4 is 11.6 Å². The van der Waals surface area contributed by atoms with Crippen molar-refractivity contribution in [3.05, 3.63) is 29.8 Å². The lowest BCUT2D eigenvalue weighted by Gasteiger charge is -2.42. The highest BCUT2D eigenvalue weighted by Gasteiger charge is 2.37. The van der Waals surface area contributed by atoms with Gasteiger partial charge in [0.05, 0.1) is 0 Å². The van der Waals surface area contributed by atoms with Gasteiger partial charge in [-0.15, -0.1) is 0 Å². The molecule has 0 saturated carbocycles. The zero-order chi connectivity index (χ0) is 13.3. The number of anilines is 1. The average molecular weight is 247 g/mol. The molecule has 1 heterocycles. The quantitative estimate of drug-likeness (QED) is 0.831. The first-order valence-electron chi connectivity index (χ1n) is 6.34. The maximum atomic E-state index is 11.9. The normalized spacial score (nSPS) is 20.4. The Morgan fingerprint density at radius 1 is 1.33 bits per heavy atom. The Balaban J connectivity index is 2.27. The van der Waals surface area contributed by atoms with E-state index >= 15 is 0 Å². The molecule has 1 fully saturated rings. The summed E-state index contributed by atoms with van der Waals surface area (Å²) in [6.45, 7) is 7.38. The Labute approximate surface area is 108 Å². The average Bonchev–Trinajstić information content (AvgIpc) is 2.33. The van der Waals surface area contributed by atoms with E-state index in [9.17, 15) is 4.79 Å². The van der Waals surface area contributed by atoms with Crippen LogP contribution >= 0.6 is 0 Å². The van der Waals surface area contributed by atoms with Gasteiger partial charge in [-0.3, -0.25) is 4.79 Å². The van der Waals surface area contributed by atoms with Crippen LogP contribution in [-0.4, -0.2) is 24.5 Å². The van der Waals surface area contributed by atoms with Crippen molar-refractivity contribution in [2.24, 2.45) is 5.73 Å². The predicted molar refractivity (Wildman–Crippen MR) is 73.5 cm³/mol. The molecule has 3 N–H and O–H groups in total. The van der Waals surface area contributed by atoms with E-state index in [0.717, 1.165) is 17.8 Å². The van der Waals surface area contributed by atoms with Gasteiger partial charge in [-0.2, -0.15) is 0 Å². The molecule has 1 aliphatic rings. The highest BCUT2D eigenvalue weighted by Crippen LogP contribution is 2.27. The van der Waals surface area contributed by atoms with E-state index in [2.05, 4.69) is 10.2 Å². The SMILES string of the molecule is CC(N)c1ccc(N2CCNC(=O)C2(C)C)cc1. The minimum atomic E-state index is -0.506. The fourth-order valence-corrected chi connectivity index (χ4v) is 2.31. The Kier molecular flexibility index (Phi) is 3.30. The fraction of sp³-hybridized carbons (Fsp3) is 0.500. The van der Waals surface area contributed by atoms with E-state index < -0.39 is 5.54 Å². The molecule has 1 aliphatic heterocycles. The van der Waals surface area contributed by atoms with Crippen LogP contribution in [0.4, 0.5) is 5.69 Å². The Hall–Kier alpha value is -1.55. The van der Waals surface area contributed by atoms with Gasteiger partial charge in [0.2, 0.25) is 5.91 Å². The maximum Gasteiger partial charge on any atom is 0.245 e. The van der Waals surface area contributed by atoms with Crippen molar-refractivity contribution in [1.82, 2.24) is 5.32 Å². The predicted octanol–water partition coefficient (Wildman–Crippen LogP) is 1.42. The number of benzene rings is 1. The molecule has 0 radical (unpaired) electrons. The summed E-state index contributed by atoms with van der Waals surface area (Å²) < 4.78 is 0. The standard InChI is InChI=1S/C14H21N3O/c1-10(15)11-4-6-12(7-5-11)17-9-8-16-13(18)14(17,2)3/h4-7,10H,8-9,15H2,1-3H3,(H,16,18). The van der Waals surface area contributed by atoms with Crippen LogP contribution in [0.3, 0.4) is 0 Å². The van der Waals surface area contributed by atoms with E-state index in [1.165, 1.54) is 0 Å². The smallest absolute Gasteiger partial charge is 0.245 e. The number of carbonyl (C=O) groups is 1. The van der Waals surface area contributed by atoms with Crippen molar-refractivity contribution in [3.63, 3.8) is 0 Å². The Morgan fingerprint density at radius 2 is 1.94 bits per heavy atom. The fourth-order valence-electron chi connectivity index (χ4n) is 2.31. The molecule has 1 aromatic carbocycles. The van der Waals surface area contributed by atoms with E-state index in [-0.39, 0.29) is 11.9 Å². The van der Waals surface area contributed by atoms with Gasteiger partial charge in [0.25, 0.3) is 0 Å². The second kappa shape index (κ2) is 4.61. The van der Waals surface area contributed by atoms with E-state index in [1.54, 1.807) is 0 Å². The number of nitrogens with one attached hydrogen (secondary N) is 1. The molecule has 1 unspecified atom stereocenters. The van der Waals surface area contributed by atoms with Crippen LogP contribution in [0.1, 0.15) is 32.4 Å². The number of amides is 1. The number of rotatable bonds is 2. The monoisotopic (exact) mass is 247 g/mol. The number of hydrogen-bond acceptors (Lipinski definition) is 3. The van der Waals surface area contributed by atoms with Crippen LogP contribution in [-0.2, 0) is 4.79 Å². The van der Waals surface area contributed by atoms with Crippen LogP contribution in [0.5, 0.6) is 0 Å². The van der Waals surface area contributed by atoms with Crippen molar-refractivity contribution in [2.75, 3.05) is 18.0 Å². The van der Waals surface area contributed by atoms with Gasteiger partial charge in [0.1, 0.15) is 5.54 Å². The molecule has 1 amide bonds. The summed E-state index contributed by atoms with van der Waals surface area (Å²) in [7, 11) is 0. The zero-order valence-electron chi connectivity index (χ0n) is 11.2. The Morgan fingerprint density at radius 3 is 2.50 bits per heavy atom. The van der Waals surface area contributed by atoms with Gasteiger partial charge in [-0.05, 0) is 38.5 Å². The number of nitrogens with two attached hydrogens (primary N) is 1. The maximum absolute atomic E-state index is 11.9. The molecule has 0 spiro atoms. The number of hydrogen-bond donors (Lipinski definition) is 2. The molecule has 0 aromatic heterocycles. The molecule has 4 nitrogen and oxygen atoms in total. The van der Waals surface area contributed by atoms with Crippen LogP contribution in [0.15, 0.2) is 24.3 Å². The van der Waals surface area contributed by atoms with Gasteiger partial charge in [0.15, 0.2) is 0 Å². The topological polar surface area (TPSA) is 58.4 Å². The molecule has 1 saturated heterocycles. The lowest BCUT2D eigenvalue weighted by Crippen LogP contribution is -2.62. The molecule has 4 heteroatoms. The number of piperazine rings is 1. The molecule has 1 aromatic rings. The molecule has 18 heavy (non-hydrogen) atoms. The largest absolute Gasteiger partial charge is 0.356 e. The van der Waals surface area contributed by atoms with Gasteiger partial charge < -0.3 is 16.0 Å². The minimum Gasteiger partial charge on any atom is -0.356 e. The molecule has 98 valence electrons. The summed E-state index contributed by atoms with van der Waals surface area (Å²) in [5.74, 6) is 0.0741. The molecule has 1 atom stereocenters. The first kappa shape index (κ1) is 12.9. The molecule has 2 rings (SSSR count). The van der Waals surface area contributed by atoms with Crippen LogP contribution < -0.4 is 16.0 Å². The second-order valence-electron chi connectivity index (χ2n) is 5.35. The number of carbonyl (C=O) groups excluding carboxylic acids is 1.